The van der Waals surface area contributed by atoms with Gasteiger partial charge >= 0.3 is 5.97 Å². The summed E-state index contributed by atoms with van der Waals surface area (Å²) in [6.45, 7) is 7.10. The molecule has 0 saturated heterocycles. The van der Waals surface area contributed by atoms with Gasteiger partial charge in [0.1, 0.15) is 0 Å². The summed E-state index contributed by atoms with van der Waals surface area (Å²) >= 11 is 0. The third kappa shape index (κ3) is 13.5. The lowest BCUT2D eigenvalue weighted by atomic mass is 9.67. The van der Waals surface area contributed by atoms with Crippen LogP contribution in [-0.2, 0) is 4.79 Å². The quantitative estimate of drug-likeness (QED) is 0.149. The van der Waals surface area contributed by atoms with Gasteiger partial charge in [0.25, 0.3) is 0 Å². The lowest BCUT2D eigenvalue weighted by Crippen LogP contribution is -2.29. The molecule has 2 nitrogen and oxygen atoms in total. The van der Waals surface area contributed by atoms with Crippen LogP contribution in [0, 0.1) is 23.7 Å². The van der Waals surface area contributed by atoms with Crippen molar-refractivity contribution in [3.8, 4) is 0 Å². The highest BCUT2D eigenvalue weighted by Crippen LogP contribution is 2.41. The molecule has 0 spiro atoms. The molecule has 0 aromatic carbocycles. The van der Waals surface area contributed by atoms with E-state index in [0.717, 1.165) is 36.5 Å². The SMILES string of the molecule is CCCCCC=CCCC1C(CCCCCC)C=CC(CCCCCCCC(=O)O)C1C. The van der Waals surface area contributed by atoms with Crippen LogP contribution in [0.15, 0.2) is 24.3 Å². The van der Waals surface area contributed by atoms with Gasteiger partial charge in [-0.2, -0.15) is 0 Å². The molecule has 4 unspecified atom stereocenters. The maximum absolute atomic E-state index is 10.6. The zero-order chi connectivity index (χ0) is 23.4. The number of carboxylic acids is 1. The first-order valence-corrected chi connectivity index (χ1v) is 14.1. The van der Waals surface area contributed by atoms with Gasteiger partial charge in [0, 0.05) is 6.42 Å². The Morgan fingerprint density at radius 1 is 0.719 bits per heavy atom. The van der Waals surface area contributed by atoms with Crippen LogP contribution in [0.25, 0.3) is 0 Å². The monoisotopic (exact) mass is 446 g/mol. The molecular formula is C30H54O2. The van der Waals surface area contributed by atoms with Crippen molar-refractivity contribution in [1.82, 2.24) is 0 Å². The topological polar surface area (TPSA) is 37.3 Å². The Morgan fingerprint density at radius 2 is 1.28 bits per heavy atom. The lowest BCUT2D eigenvalue weighted by Gasteiger charge is -2.38. The van der Waals surface area contributed by atoms with E-state index in [1.807, 2.05) is 0 Å². The molecule has 0 fully saturated rings. The van der Waals surface area contributed by atoms with E-state index in [2.05, 4.69) is 45.1 Å². The van der Waals surface area contributed by atoms with Crippen LogP contribution in [0.5, 0.6) is 0 Å². The van der Waals surface area contributed by atoms with Gasteiger partial charge in [-0.1, -0.05) is 109 Å². The van der Waals surface area contributed by atoms with Gasteiger partial charge in [-0.3, -0.25) is 4.79 Å². The Bertz CT molecular complexity index is 507. The first kappa shape index (κ1) is 29.0. The summed E-state index contributed by atoms with van der Waals surface area (Å²) in [6.07, 6.45) is 32.0. The normalized spacial score (nSPS) is 23.2. The average Bonchev–Trinajstić information content (AvgIpc) is 2.77. The number of allylic oxidation sites excluding steroid dienone is 4. The molecule has 1 aliphatic rings. The lowest BCUT2D eigenvalue weighted by molar-refractivity contribution is -0.137. The molecular weight excluding hydrogens is 392 g/mol. The minimum Gasteiger partial charge on any atom is -0.481 e. The molecule has 1 N–H and O–H groups in total. The smallest absolute Gasteiger partial charge is 0.303 e. The molecule has 0 aliphatic heterocycles. The minimum absolute atomic E-state index is 0.330. The zero-order valence-electron chi connectivity index (χ0n) is 21.7. The maximum atomic E-state index is 10.6. The molecule has 0 radical (unpaired) electrons. The van der Waals surface area contributed by atoms with Crippen LogP contribution in [0.3, 0.4) is 0 Å². The van der Waals surface area contributed by atoms with Crippen LogP contribution >= 0.6 is 0 Å². The summed E-state index contributed by atoms with van der Waals surface area (Å²) < 4.78 is 0. The highest BCUT2D eigenvalue weighted by atomic mass is 16.4. The van der Waals surface area contributed by atoms with E-state index in [1.54, 1.807) is 0 Å². The van der Waals surface area contributed by atoms with Crippen LogP contribution in [0.1, 0.15) is 136 Å². The van der Waals surface area contributed by atoms with Gasteiger partial charge < -0.3 is 5.11 Å². The summed E-state index contributed by atoms with van der Waals surface area (Å²) in [5.74, 6) is 2.48. The second-order valence-electron chi connectivity index (χ2n) is 10.3. The molecule has 4 atom stereocenters. The van der Waals surface area contributed by atoms with Crippen molar-refractivity contribution in [1.29, 1.82) is 0 Å². The van der Waals surface area contributed by atoms with Gasteiger partial charge in [-0.25, -0.2) is 0 Å². The number of aliphatic carboxylic acids is 1. The first-order chi connectivity index (χ1) is 15.6. The molecule has 0 bridgehead atoms. The molecule has 1 aliphatic carbocycles. The number of rotatable bonds is 20. The van der Waals surface area contributed by atoms with E-state index < -0.39 is 5.97 Å². The average molecular weight is 447 g/mol. The van der Waals surface area contributed by atoms with E-state index in [1.165, 1.54) is 96.3 Å². The molecule has 0 amide bonds. The Labute approximate surface area is 200 Å². The fourth-order valence-electron chi connectivity index (χ4n) is 5.49. The number of hydrogen-bond acceptors (Lipinski definition) is 1. The van der Waals surface area contributed by atoms with Crippen LogP contribution in [0.2, 0.25) is 0 Å². The highest BCUT2D eigenvalue weighted by Gasteiger charge is 2.32. The van der Waals surface area contributed by atoms with Crippen molar-refractivity contribution in [2.45, 2.75) is 136 Å². The number of unbranched alkanes of at least 4 members (excludes halogenated alkanes) is 10. The third-order valence-electron chi connectivity index (χ3n) is 7.63. The number of carbonyl (C=O) groups is 1. The second-order valence-corrected chi connectivity index (χ2v) is 10.3. The van der Waals surface area contributed by atoms with Crippen LogP contribution in [-0.4, -0.2) is 11.1 Å². The van der Waals surface area contributed by atoms with E-state index in [-0.39, 0.29) is 0 Å². The standard InChI is InChI=1S/C30H54O2/c1-4-6-8-10-11-14-18-22-29-26(3)27(20-17-13-12-15-19-23-30(31)32)24-25-28(29)21-16-9-7-5-2/h11,14,24-29H,4-10,12-13,15-23H2,1-3H3,(H,31,32). The number of hydrogen-bond donors (Lipinski definition) is 1. The Hall–Kier alpha value is -1.05. The van der Waals surface area contributed by atoms with Gasteiger partial charge in [-0.05, 0) is 68.6 Å². The van der Waals surface area contributed by atoms with Gasteiger partial charge in [0.05, 0.1) is 0 Å². The molecule has 0 aromatic heterocycles. The predicted molar refractivity (Wildman–Crippen MR) is 140 cm³/mol. The summed E-state index contributed by atoms with van der Waals surface area (Å²) in [4.78, 5) is 10.6. The maximum Gasteiger partial charge on any atom is 0.303 e. The Balaban J connectivity index is 2.46. The van der Waals surface area contributed by atoms with Crippen molar-refractivity contribution in [3.05, 3.63) is 24.3 Å². The van der Waals surface area contributed by atoms with Crippen molar-refractivity contribution in [2.24, 2.45) is 23.7 Å². The van der Waals surface area contributed by atoms with E-state index in [0.29, 0.717) is 6.42 Å². The fourth-order valence-corrected chi connectivity index (χ4v) is 5.49. The van der Waals surface area contributed by atoms with Crippen LogP contribution in [0.4, 0.5) is 0 Å². The van der Waals surface area contributed by atoms with Crippen molar-refractivity contribution >= 4 is 5.97 Å². The van der Waals surface area contributed by atoms with Crippen molar-refractivity contribution < 1.29 is 9.90 Å². The fraction of sp³-hybridized carbons (Fsp3) is 0.833. The summed E-state index contributed by atoms with van der Waals surface area (Å²) in [6, 6.07) is 0. The molecule has 0 saturated carbocycles. The van der Waals surface area contributed by atoms with Crippen LogP contribution < -0.4 is 0 Å². The Kier molecular flexibility index (Phi) is 17.6. The number of carboxylic acid groups (broad SMARTS) is 1. The van der Waals surface area contributed by atoms with Crippen molar-refractivity contribution in [2.75, 3.05) is 0 Å². The zero-order valence-corrected chi connectivity index (χ0v) is 21.7. The first-order valence-electron chi connectivity index (χ1n) is 14.1. The van der Waals surface area contributed by atoms with E-state index in [4.69, 9.17) is 5.11 Å². The summed E-state index contributed by atoms with van der Waals surface area (Å²) in [5, 5.41) is 8.76. The molecule has 0 aromatic rings. The minimum atomic E-state index is -0.655. The molecule has 2 heteroatoms. The molecule has 1 rings (SSSR count). The highest BCUT2D eigenvalue weighted by molar-refractivity contribution is 5.66. The second kappa shape index (κ2) is 19.4. The molecule has 32 heavy (non-hydrogen) atoms. The predicted octanol–water partition coefficient (Wildman–Crippen LogP) is 9.74. The van der Waals surface area contributed by atoms with Crippen molar-refractivity contribution in [3.63, 3.8) is 0 Å². The van der Waals surface area contributed by atoms with E-state index >= 15 is 0 Å². The van der Waals surface area contributed by atoms with Gasteiger partial charge in [-0.15, -0.1) is 0 Å². The van der Waals surface area contributed by atoms with E-state index in [9.17, 15) is 4.79 Å². The van der Waals surface area contributed by atoms with Gasteiger partial charge in [0.2, 0.25) is 0 Å². The summed E-state index contributed by atoms with van der Waals surface area (Å²) in [5.41, 5.74) is 0. The molecule has 0 heterocycles. The largest absolute Gasteiger partial charge is 0.481 e. The third-order valence-corrected chi connectivity index (χ3v) is 7.63. The summed E-state index contributed by atoms with van der Waals surface area (Å²) in [7, 11) is 0. The molecule has 186 valence electrons. The Morgan fingerprint density at radius 3 is 2.00 bits per heavy atom. The van der Waals surface area contributed by atoms with Gasteiger partial charge in [0.15, 0.2) is 0 Å².